The van der Waals surface area contributed by atoms with Gasteiger partial charge in [0.2, 0.25) is 5.91 Å². The van der Waals surface area contributed by atoms with Gasteiger partial charge >= 0.3 is 0 Å². The molecule has 5 heteroatoms. The van der Waals surface area contributed by atoms with Crippen molar-refractivity contribution in [2.75, 3.05) is 6.54 Å². The monoisotopic (exact) mass is 324 g/mol. The van der Waals surface area contributed by atoms with E-state index in [-0.39, 0.29) is 18.1 Å². The molecule has 2 aliphatic heterocycles. The van der Waals surface area contributed by atoms with Crippen LogP contribution in [0.3, 0.4) is 0 Å². The average molecular weight is 324 g/mol. The van der Waals surface area contributed by atoms with Gasteiger partial charge in [0.05, 0.1) is 18.3 Å². The Morgan fingerprint density at radius 3 is 2.79 bits per heavy atom. The molecule has 5 nitrogen and oxygen atoms in total. The van der Waals surface area contributed by atoms with E-state index in [1.807, 2.05) is 13.0 Å². The molecular weight excluding hydrogens is 300 g/mol. The van der Waals surface area contributed by atoms with Gasteiger partial charge in [-0.05, 0) is 32.3 Å². The van der Waals surface area contributed by atoms with Crippen LogP contribution in [0.1, 0.15) is 47.9 Å². The highest BCUT2D eigenvalue weighted by Gasteiger charge is 2.43. The van der Waals surface area contributed by atoms with Gasteiger partial charge in [-0.2, -0.15) is 5.10 Å². The standard InChI is InChI=1S/C19H24N4O/c1-13-17(18-20-19(24)16-10-6-7-11-22(16)18)14(2)23(21-13)12-15-8-4-3-5-9-15/h3-5,8-9,16,18H,6-7,10-12H2,1-2H3,(H,20,24)/t16-,18+/m1/s1. The first kappa shape index (κ1) is 15.4. The minimum atomic E-state index is -0.0210. The predicted octanol–water partition coefficient (Wildman–Crippen LogP) is 2.53. The molecule has 2 aromatic rings. The van der Waals surface area contributed by atoms with E-state index in [9.17, 15) is 4.79 Å². The molecule has 1 amide bonds. The number of aryl methyl sites for hydroxylation is 1. The third kappa shape index (κ3) is 2.53. The first-order valence-electron chi connectivity index (χ1n) is 8.79. The van der Waals surface area contributed by atoms with E-state index in [0.29, 0.717) is 0 Å². The van der Waals surface area contributed by atoms with Crippen LogP contribution in [0, 0.1) is 13.8 Å². The summed E-state index contributed by atoms with van der Waals surface area (Å²) in [5.74, 6) is 0.175. The molecule has 2 atom stereocenters. The van der Waals surface area contributed by atoms with Crippen molar-refractivity contribution >= 4 is 5.91 Å². The normalized spacial score (nSPS) is 24.0. The van der Waals surface area contributed by atoms with Crippen LogP contribution in [-0.2, 0) is 11.3 Å². The number of carbonyl (C=O) groups is 1. The van der Waals surface area contributed by atoms with Gasteiger partial charge < -0.3 is 5.32 Å². The second-order valence-corrected chi connectivity index (χ2v) is 6.89. The van der Waals surface area contributed by atoms with Gasteiger partial charge in [-0.1, -0.05) is 36.8 Å². The maximum atomic E-state index is 12.3. The number of benzene rings is 1. The third-order valence-corrected chi connectivity index (χ3v) is 5.34. The van der Waals surface area contributed by atoms with Crippen molar-refractivity contribution in [3.05, 3.63) is 52.8 Å². The molecule has 1 aromatic carbocycles. The van der Waals surface area contributed by atoms with Crippen LogP contribution in [-0.4, -0.2) is 33.2 Å². The summed E-state index contributed by atoms with van der Waals surface area (Å²) in [7, 11) is 0. The summed E-state index contributed by atoms with van der Waals surface area (Å²) >= 11 is 0. The van der Waals surface area contributed by atoms with Crippen LogP contribution in [0.2, 0.25) is 0 Å². The number of hydrogen-bond donors (Lipinski definition) is 1. The van der Waals surface area contributed by atoms with E-state index in [0.717, 1.165) is 43.7 Å². The molecule has 0 unspecified atom stereocenters. The van der Waals surface area contributed by atoms with E-state index in [1.54, 1.807) is 0 Å². The van der Waals surface area contributed by atoms with Gasteiger partial charge in [0, 0.05) is 17.8 Å². The molecule has 0 radical (unpaired) electrons. The number of nitrogens with zero attached hydrogens (tertiary/aromatic N) is 3. The lowest BCUT2D eigenvalue weighted by Crippen LogP contribution is -2.38. The Balaban J connectivity index is 1.65. The zero-order valence-corrected chi connectivity index (χ0v) is 14.3. The van der Waals surface area contributed by atoms with E-state index < -0.39 is 0 Å². The van der Waals surface area contributed by atoms with Gasteiger partial charge in [-0.3, -0.25) is 14.4 Å². The highest BCUT2D eigenvalue weighted by molar-refractivity contribution is 5.84. The zero-order chi connectivity index (χ0) is 16.7. The number of rotatable bonds is 3. The number of piperidine rings is 1. The fourth-order valence-corrected chi connectivity index (χ4v) is 4.11. The van der Waals surface area contributed by atoms with Gasteiger partial charge in [-0.15, -0.1) is 0 Å². The quantitative estimate of drug-likeness (QED) is 0.944. The maximum absolute atomic E-state index is 12.3. The smallest absolute Gasteiger partial charge is 0.238 e. The predicted molar refractivity (Wildman–Crippen MR) is 92.5 cm³/mol. The van der Waals surface area contributed by atoms with Crippen molar-refractivity contribution in [2.24, 2.45) is 0 Å². The lowest BCUT2D eigenvalue weighted by atomic mass is 10.0. The third-order valence-electron chi connectivity index (χ3n) is 5.34. The molecule has 2 fully saturated rings. The van der Waals surface area contributed by atoms with Crippen molar-refractivity contribution in [2.45, 2.75) is 51.9 Å². The van der Waals surface area contributed by atoms with Crippen LogP contribution in [0.25, 0.3) is 0 Å². The molecule has 2 saturated heterocycles. The summed E-state index contributed by atoms with van der Waals surface area (Å²) in [5.41, 5.74) is 4.57. The summed E-state index contributed by atoms with van der Waals surface area (Å²) in [4.78, 5) is 14.7. The minimum Gasteiger partial charge on any atom is -0.335 e. The average Bonchev–Trinajstić information content (AvgIpc) is 3.06. The second-order valence-electron chi connectivity index (χ2n) is 6.89. The van der Waals surface area contributed by atoms with Crippen LogP contribution < -0.4 is 5.32 Å². The van der Waals surface area contributed by atoms with Crippen molar-refractivity contribution in [1.29, 1.82) is 0 Å². The number of aromatic nitrogens is 2. The molecule has 0 bridgehead atoms. The minimum absolute atomic E-state index is 0.0210. The SMILES string of the molecule is Cc1nn(Cc2ccccc2)c(C)c1[C@H]1NC(=O)[C@H]2CCCCN21. The Morgan fingerprint density at radius 2 is 2.00 bits per heavy atom. The number of nitrogens with one attached hydrogen (secondary N) is 1. The Hall–Kier alpha value is -2.14. The van der Waals surface area contributed by atoms with Gasteiger partial charge in [0.15, 0.2) is 0 Å². The lowest BCUT2D eigenvalue weighted by molar-refractivity contribution is -0.122. The van der Waals surface area contributed by atoms with Crippen LogP contribution >= 0.6 is 0 Å². The largest absolute Gasteiger partial charge is 0.335 e. The molecular formula is C19H24N4O. The van der Waals surface area contributed by atoms with Crippen LogP contribution in [0.15, 0.2) is 30.3 Å². The molecule has 24 heavy (non-hydrogen) atoms. The molecule has 4 rings (SSSR count). The summed E-state index contributed by atoms with van der Waals surface area (Å²) in [5, 5.41) is 7.96. The molecule has 1 N–H and O–H groups in total. The van der Waals surface area contributed by atoms with Gasteiger partial charge in [0.1, 0.15) is 6.17 Å². The number of amides is 1. The maximum Gasteiger partial charge on any atom is 0.238 e. The number of hydrogen-bond acceptors (Lipinski definition) is 3. The number of fused-ring (bicyclic) bond motifs is 1. The molecule has 1 aromatic heterocycles. The topological polar surface area (TPSA) is 50.2 Å². The summed E-state index contributed by atoms with van der Waals surface area (Å²) in [6.45, 7) is 5.91. The Morgan fingerprint density at radius 1 is 1.21 bits per heavy atom. The molecule has 0 aliphatic carbocycles. The van der Waals surface area contributed by atoms with Crippen molar-refractivity contribution in [3.63, 3.8) is 0 Å². The zero-order valence-electron chi connectivity index (χ0n) is 14.3. The highest BCUT2D eigenvalue weighted by atomic mass is 16.2. The van der Waals surface area contributed by atoms with E-state index in [1.165, 1.54) is 11.1 Å². The highest BCUT2D eigenvalue weighted by Crippen LogP contribution is 2.34. The number of carbonyl (C=O) groups excluding carboxylic acids is 1. The van der Waals surface area contributed by atoms with Crippen LogP contribution in [0.5, 0.6) is 0 Å². The van der Waals surface area contributed by atoms with Crippen molar-refractivity contribution in [1.82, 2.24) is 20.0 Å². The molecule has 3 heterocycles. The Labute approximate surface area is 142 Å². The van der Waals surface area contributed by atoms with Crippen molar-refractivity contribution in [3.8, 4) is 0 Å². The first-order valence-corrected chi connectivity index (χ1v) is 8.79. The summed E-state index contributed by atoms with van der Waals surface area (Å²) in [6.07, 6.45) is 3.26. The van der Waals surface area contributed by atoms with Gasteiger partial charge in [-0.25, -0.2) is 0 Å². The molecule has 126 valence electrons. The first-order chi connectivity index (χ1) is 11.6. The molecule has 0 spiro atoms. The van der Waals surface area contributed by atoms with E-state index in [4.69, 9.17) is 5.10 Å². The van der Waals surface area contributed by atoms with E-state index in [2.05, 4.69) is 46.1 Å². The van der Waals surface area contributed by atoms with Crippen molar-refractivity contribution < 1.29 is 4.79 Å². The summed E-state index contributed by atoms with van der Waals surface area (Å²) < 4.78 is 2.06. The Bertz CT molecular complexity index is 752. The molecule has 2 aliphatic rings. The fourth-order valence-electron chi connectivity index (χ4n) is 4.11. The lowest BCUT2D eigenvalue weighted by Gasteiger charge is -2.31. The second kappa shape index (κ2) is 6.06. The van der Waals surface area contributed by atoms with E-state index >= 15 is 0 Å². The summed E-state index contributed by atoms with van der Waals surface area (Å²) in [6, 6.07) is 10.4. The van der Waals surface area contributed by atoms with Crippen LogP contribution in [0.4, 0.5) is 0 Å². The van der Waals surface area contributed by atoms with Gasteiger partial charge in [0.25, 0.3) is 0 Å². The Kier molecular flexibility index (Phi) is 3.88. The fraction of sp³-hybridized carbons (Fsp3) is 0.474. The molecule has 0 saturated carbocycles.